The Balaban J connectivity index is 3.33. The van der Waals surface area contributed by atoms with Gasteiger partial charge >= 0.3 is 0 Å². The predicted molar refractivity (Wildman–Crippen MR) is 66.8 cm³/mol. The second-order valence-corrected chi connectivity index (χ2v) is 4.14. The van der Waals surface area contributed by atoms with Gasteiger partial charge in [-0.2, -0.15) is 0 Å². The van der Waals surface area contributed by atoms with E-state index in [4.69, 9.17) is 15.2 Å². The van der Waals surface area contributed by atoms with Gasteiger partial charge < -0.3 is 15.2 Å². The third-order valence-corrected chi connectivity index (χ3v) is 2.91. The summed E-state index contributed by atoms with van der Waals surface area (Å²) in [5.74, 6) is 0.799. The first-order valence-corrected chi connectivity index (χ1v) is 5.52. The van der Waals surface area contributed by atoms with E-state index >= 15 is 0 Å². The summed E-state index contributed by atoms with van der Waals surface area (Å²) < 4.78 is 10.4. The lowest BCUT2D eigenvalue weighted by molar-refractivity contribution is 0.0891. The van der Waals surface area contributed by atoms with Crippen LogP contribution in [0.2, 0.25) is 0 Å². The van der Waals surface area contributed by atoms with E-state index < -0.39 is 5.54 Å². The minimum absolute atomic E-state index is 0.172. The first-order valence-electron chi connectivity index (χ1n) is 5.52. The van der Waals surface area contributed by atoms with Crippen molar-refractivity contribution in [2.45, 2.75) is 25.8 Å². The molecule has 0 aliphatic rings. The van der Waals surface area contributed by atoms with Crippen molar-refractivity contribution in [3.63, 3.8) is 0 Å². The summed E-state index contributed by atoms with van der Waals surface area (Å²) in [5, 5.41) is 0. The van der Waals surface area contributed by atoms with Gasteiger partial charge in [0, 0.05) is 0 Å². The Morgan fingerprint density at radius 1 is 1.29 bits per heavy atom. The Labute approximate surface area is 102 Å². The number of Topliss-reactive ketones (excluding diaryl/α,β-unsaturated/α-hetero) is 1. The van der Waals surface area contributed by atoms with E-state index in [0.29, 0.717) is 23.5 Å². The Kier molecular flexibility index (Phi) is 4.12. The molecule has 4 heteroatoms. The van der Waals surface area contributed by atoms with Crippen LogP contribution in [0.3, 0.4) is 0 Å². The highest BCUT2D eigenvalue weighted by molar-refractivity contribution is 6.07. The average molecular weight is 237 g/mol. The van der Waals surface area contributed by atoms with Crippen molar-refractivity contribution in [3.05, 3.63) is 23.8 Å². The minimum Gasteiger partial charge on any atom is -0.496 e. The molecule has 0 heterocycles. The van der Waals surface area contributed by atoms with Gasteiger partial charge in [0.25, 0.3) is 0 Å². The lowest BCUT2D eigenvalue weighted by atomic mass is 9.89. The number of benzene rings is 1. The van der Waals surface area contributed by atoms with Crippen LogP contribution >= 0.6 is 0 Å². The number of rotatable bonds is 5. The van der Waals surface area contributed by atoms with Crippen LogP contribution in [0.4, 0.5) is 0 Å². The van der Waals surface area contributed by atoms with Crippen LogP contribution in [-0.2, 0) is 0 Å². The van der Waals surface area contributed by atoms with Gasteiger partial charge in [-0.1, -0.05) is 13.0 Å². The number of methoxy groups -OCH3 is 2. The molecular weight excluding hydrogens is 218 g/mol. The quantitative estimate of drug-likeness (QED) is 0.796. The highest BCUT2D eigenvalue weighted by atomic mass is 16.5. The van der Waals surface area contributed by atoms with E-state index in [1.807, 2.05) is 6.92 Å². The number of ketones is 1. The molecule has 1 atom stereocenters. The normalized spacial score (nSPS) is 13.9. The summed E-state index contributed by atoms with van der Waals surface area (Å²) >= 11 is 0. The van der Waals surface area contributed by atoms with Crippen LogP contribution in [0.15, 0.2) is 18.2 Å². The van der Waals surface area contributed by atoms with Gasteiger partial charge in [-0.25, -0.2) is 0 Å². The molecule has 1 aromatic rings. The fraction of sp³-hybridized carbons (Fsp3) is 0.462. The average Bonchev–Trinajstić information content (AvgIpc) is 2.36. The van der Waals surface area contributed by atoms with Crippen molar-refractivity contribution in [1.82, 2.24) is 0 Å². The Bertz CT molecular complexity index is 391. The summed E-state index contributed by atoms with van der Waals surface area (Å²) in [6, 6.07) is 5.22. The van der Waals surface area contributed by atoms with E-state index in [0.717, 1.165) is 0 Å². The van der Waals surface area contributed by atoms with Gasteiger partial charge in [-0.15, -0.1) is 0 Å². The number of ether oxygens (including phenoxy) is 2. The highest BCUT2D eigenvalue weighted by Crippen LogP contribution is 2.31. The molecule has 0 aliphatic carbocycles. The molecule has 0 amide bonds. The minimum atomic E-state index is -0.915. The van der Waals surface area contributed by atoms with Gasteiger partial charge in [0.05, 0.1) is 19.8 Å². The van der Waals surface area contributed by atoms with E-state index in [1.165, 1.54) is 14.2 Å². The Hall–Kier alpha value is -1.55. The Morgan fingerprint density at radius 2 is 1.76 bits per heavy atom. The van der Waals surface area contributed by atoms with Crippen LogP contribution in [0, 0.1) is 0 Å². The van der Waals surface area contributed by atoms with Crippen LogP contribution in [0.1, 0.15) is 30.6 Å². The molecule has 1 unspecified atom stereocenters. The van der Waals surface area contributed by atoms with Gasteiger partial charge in [-0.3, -0.25) is 4.79 Å². The first-order chi connectivity index (χ1) is 7.97. The molecular formula is C13H19NO3. The lowest BCUT2D eigenvalue weighted by Gasteiger charge is -2.23. The maximum Gasteiger partial charge on any atom is 0.189 e. The molecule has 0 bridgehead atoms. The lowest BCUT2D eigenvalue weighted by Crippen LogP contribution is -2.44. The van der Waals surface area contributed by atoms with Gasteiger partial charge in [0.1, 0.15) is 17.1 Å². The number of hydrogen-bond acceptors (Lipinski definition) is 4. The highest BCUT2D eigenvalue weighted by Gasteiger charge is 2.31. The third-order valence-electron chi connectivity index (χ3n) is 2.91. The summed E-state index contributed by atoms with van der Waals surface area (Å²) in [4.78, 5) is 12.4. The van der Waals surface area contributed by atoms with E-state index in [9.17, 15) is 4.79 Å². The molecule has 0 aromatic heterocycles. The number of carbonyl (C=O) groups is 1. The van der Waals surface area contributed by atoms with Crippen molar-refractivity contribution < 1.29 is 14.3 Å². The SMILES string of the molecule is CCC(C)(N)C(=O)c1c(OC)cccc1OC. The summed E-state index contributed by atoms with van der Waals surface area (Å²) in [6.07, 6.45) is 0.549. The van der Waals surface area contributed by atoms with Gasteiger partial charge in [0.2, 0.25) is 0 Å². The summed E-state index contributed by atoms with van der Waals surface area (Å²) in [5.41, 5.74) is 5.47. The fourth-order valence-corrected chi connectivity index (χ4v) is 1.52. The molecule has 1 rings (SSSR count). The number of hydrogen-bond donors (Lipinski definition) is 1. The maximum atomic E-state index is 12.4. The smallest absolute Gasteiger partial charge is 0.189 e. The summed E-state index contributed by atoms with van der Waals surface area (Å²) in [7, 11) is 3.04. The third kappa shape index (κ3) is 2.58. The largest absolute Gasteiger partial charge is 0.496 e. The molecule has 0 spiro atoms. The second kappa shape index (κ2) is 5.19. The van der Waals surface area contributed by atoms with Crippen LogP contribution < -0.4 is 15.2 Å². The first kappa shape index (κ1) is 13.5. The van der Waals surface area contributed by atoms with E-state index in [2.05, 4.69) is 0 Å². The predicted octanol–water partition coefficient (Wildman–Crippen LogP) is 2.01. The van der Waals surface area contributed by atoms with E-state index in [-0.39, 0.29) is 5.78 Å². The molecule has 1 aromatic carbocycles. The van der Waals surface area contributed by atoms with Gasteiger partial charge in [-0.05, 0) is 25.5 Å². The van der Waals surface area contributed by atoms with E-state index in [1.54, 1.807) is 25.1 Å². The zero-order valence-corrected chi connectivity index (χ0v) is 10.7. The van der Waals surface area contributed by atoms with Crippen LogP contribution in [-0.4, -0.2) is 25.5 Å². The van der Waals surface area contributed by atoms with Crippen molar-refractivity contribution in [2.75, 3.05) is 14.2 Å². The summed E-state index contributed by atoms with van der Waals surface area (Å²) in [6.45, 7) is 3.58. The number of nitrogens with two attached hydrogens (primary N) is 1. The molecule has 94 valence electrons. The van der Waals surface area contributed by atoms with Crippen LogP contribution in [0.5, 0.6) is 11.5 Å². The maximum absolute atomic E-state index is 12.4. The van der Waals surface area contributed by atoms with Crippen molar-refractivity contribution >= 4 is 5.78 Å². The molecule has 0 saturated carbocycles. The zero-order chi connectivity index (χ0) is 13.1. The van der Waals surface area contributed by atoms with Crippen molar-refractivity contribution in [2.24, 2.45) is 5.73 Å². The Morgan fingerprint density at radius 3 is 2.12 bits per heavy atom. The molecule has 4 nitrogen and oxygen atoms in total. The monoisotopic (exact) mass is 237 g/mol. The fourth-order valence-electron chi connectivity index (χ4n) is 1.52. The molecule has 0 aliphatic heterocycles. The van der Waals surface area contributed by atoms with Crippen molar-refractivity contribution in [1.29, 1.82) is 0 Å². The topological polar surface area (TPSA) is 61.6 Å². The molecule has 17 heavy (non-hydrogen) atoms. The zero-order valence-electron chi connectivity index (χ0n) is 10.7. The van der Waals surface area contributed by atoms with Crippen LogP contribution in [0.25, 0.3) is 0 Å². The molecule has 0 fully saturated rings. The second-order valence-electron chi connectivity index (χ2n) is 4.14. The molecule has 0 saturated heterocycles. The molecule has 2 N–H and O–H groups in total. The van der Waals surface area contributed by atoms with Gasteiger partial charge in [0.15, 0.2) is 5.78 Å². The molecule has 0 radical (unpaired) electrons. The standard InChI is InChI=1S/C13H19NO3/c1-5-13(2,14)12(15)11-9(16-3)7-6-8-10(11)17-4/h6-8H,5,14H2,1-4H3. The number of carbonyl (C=O) groups excluding carboxylic acids is 1. The van der Waals surface area contributed by atoms with Crippen molar-refractivity contribution in [3.8, 4) is 11.5 Å².